The molecule has 0 saturated carbocycles. The third kappa shape index (κ3) is 2.44. The maximum atomic E-state index is 13.9. The van der Waals surface area contributed by atoms with Crippen LogP contribution in [0, 0.1) is 0 Å². The number of hydrogen-bond donors (Lipinski definition) is 0. The molecule has 0 spiro atoms. The Labute approximate surface area is 123 Å². The first-order valence-corrected chi connectivity index (χ1v) is 7.07. The van der Waals surface area contributed by atoms with Crippen molar-refractivity contribution in [2.24, 2.45) is 0 Å². The third-order valence-corrected chi connectivity index (χ3v) is 3.89. The Bertz CT molecular complexity index is 670. The van der Waals surface area contributed by atoms with Gasteiger partial charge in [-0.2, -0.15) is 0 Å². The number of hydrogen-bond acceptors (Lipinski definition) is 2. The lowest BCUT2D eigenvalue weighted by Crippen LogP contribution is -2.11. The Balaban J connectivity index is 2.05. The van der Waals surface area contributed by atoms with Crippen LogP contribution in [0.5, 0.6) is 0 Å². The minimum Gasteiger partial charge on any atom is -0.449 e. The summed E-state index contributed by atoms with van der Waals surface area (Å²) in [6.07, 6.45) is 3.13. The van der Waals surface area contributed by atoms with Gasteiger partial charge < -0.3 is 4.74 Å². The van der Waals surface area contributed by atoms with E-state index in [1.54, 1.807) is 6.92 Å². The van der Waals surface area contributed by atoms with E-state index in [2.05, 4.69) is 6.58 Å². The second-order valence-electron chi connectivity index (χ2n) is 5.53. The summed E-state index contributed by atoms with van der Waals surface area (Å²) in [5.74, 6) is -0.419. The molecule has 0 heterocycles. The van der Waals surface area contributed by atoms with Crippen LogP contribution in [0.3, 0.4) is 0 Å². The highest BCUT2D eigenvalue weighted by Gasteiger charge is 2.34. The lowest BCUT2D eigenvalue weighted by molar-refractivity contribution is -0.142. The van der Waals surface area contributed by atoms with Crippen molar-refractivity contribution in [3.8, 4) is 0 Å². The first-order valence-electron chi connectivity index (χ1n) is 7.07. The summed E-state index contributed by atoms with van der Waals surface area (Å²) in [6, 6.07) is 7.73. The summed E-state index contributed by atoms with van der Waals surface area (Å²) < 4.78 is 19.5. The minimum atomic E-state index is -0.891. The Morgan fingerprint density at radius 1 is 1.38 bits per heavy atom. The Kier molecular flexibility index (Phi) is 3.50. The van der Waals surface area contributed by atoms with Crippen molar-refractivity contribution in [3.05, 3.63) is 65.3 Å². The van der Waals surface area contributed by atoms with Crippen LogP contribution in [0.15, 0.2) is 54.1 Å². The van der Waals surface area contributed by atoms with E-state index in [0.29, 0.717) is 18.4 Å². The number of allylic oxidation sites excluding steroid dienone is 2. The lowest BCUT2D eigenvalue weighted by atomic mass is 10.0. The highest BCUT2D eigenvalue weighted by atomic mass is 19.1. The molecule has 0 bridgehead atoms. The molecule has 2 nitrogen and oxygen atoms in total. The Hall–Kier alpha value is -2.16. The first-order chi connectivity index (χ1) is 10.1. The van der Waals surface area contributed by atoms with Gasteiger partial charge in [0.1, 0.15) is 6.17 Å². The molecule has 1 unspecified atom stereocenters. The van der Waals surface area contributed by atoms with E-state index in [4.69, 9.17) is 4.74 Å². The molecule has 0 N–H and O–H groups in total. The van der Waals surface area contributed by atoms with E-state index in [0.717, 1.165) is 22.3 Å². The zero-order valence-corrected chi connectivity index (χ0v) is 11.9. The number of carbonyl (C=O) groups is 1. The van der Waals surface area contributed by atoms with E-state index < -0.39 is 18.2 Å². The van der Waals surface area contributed by atoms with Gasteiger partial charge in [0.2, 0.25) is 0 Å². The van der Waals surface area contributed by atoms with Gasteiger partial charge in [-0.25, -0.2) is 9.18 Å². The van der Waals surface area contributed by atoms with Crippen molar-refractivity contribution >= 4 is 11.5 Å². The second kappa shape index (κ2) is 5.32. The second-order valence-corrected chi connectivity index (χ2v) is 5.53. The Morgan fingerprint density at radius 3 is 2.90 bits per heavy atom. The molecular weight excluding hydrogens is 267 g/mol. The molecule has 1 aromatic rings. The van der Waals surface area contributed by atoms with Crippen LogP contribution in [0.4, 0.5) is 4.39 Å². The van der Waals surface area contributed by atoms with Gasteiger partial charge in [0.05, 0.1) is 0 Å². The number of rotatable bonds is 2. The van der Waals surface area contributed by atoms with Gasteiger partial charge >= 0.3 is 5.97 Å². The summed E-state index contributed by atoms with van der Waals surface area (Å²) in [5.41, 5.74) is 4.12. The highest BCUT2D eigenvalue weighted by Crippen LogP contribution is 2.46. The number of esters is 1. The molecule has 2 atom stereocenters. The summed E-state index contributed by atoms with van der Waals surface area (Å²) in [4.78, 5) is 11.9. The SMILES string of the molecule is C=C(C)C(=O)OC1C2=C(C[C@@H](F)CC=C2)c2ccccc21. The smallest absolute Gasteiger partial charge is 0.334 e. The maximum absolute atomic E-state index is 13.9. The molecule has 108 valence electrons. The van der Waals surface area contributed by atoms with E-state index in [-0.39, 0.29) is 0 Å². The number of halogens is 1. The number of alkyl halides is 1. The van der Waals surface area contributed by atoms with Crippen LogP contribution < -0.4 is 0 Å². The molecule has 0 aromatic heterocycles. The van der Waals surface area contributed by atoms with Crippen LogP contribution in [0.25, 0.3) is 5.57 Å². The fourth-order valence-electron chi connectivity index (χ4n) is 2.88. The average molecular weight is 284 g/mol. The van der Waals surface area contributed by atoms with Crippen LogP contribution in [-0.4, -0.2) is 12.1 Å². The number of fused-ring (bicyclic) bond motifs is 2. The topological polar surface area (TPSA) is 26.3 Å². The molecule has 0 aliphatic heterocycles. The monoisotopic (exact) mass is 284 g/mol. The molecular formula is C18H17FO2. The van der Waals surface area contributed by atoms with Gasteiger partial charge in [-0.1, -0.05) is 43.0 Å². The number of carbonyl (C=O) groups excluding carboxylic acids is 1. The predicted octanol–water partition coefficient (Wildman–Crippen LogP) is 4.30. The molecule has 0 amide bonds. The maximum Gasteiger partial charge on any atom is 0.334 e. The standard InChI is InChI=1S/C18H17FO2/c1-11(2)18(20)21-17-14-8-4-3-7-13(14)16-10-12(19)6-5-9-15(16)17/h3-5,7-9,12,17H,1,6,10H2,2H3/t12-,17?/m0/s1. The molecule has 0 fully saturated rings. The van der Waals surface area contributed by atoms with E-state index in [9.17, 15) is 9.18 Å². The fourth-order valence-corrected chi connectivity index (χ4v) is 2.88. The van der Waals surface area contributed by atoms with Gasteiger partial charge in [-0.15, -0.1) is 0 Å². The molecule has 3 rings (SSSR count). The largest absolute Gasteiger partial charge is 0.449 e. The van der Waals surface area contributed by atoms with Crippen molar-refractivity contribution < 1.29 is 13.9 Å². The summed E-state index contributed by atoms with van der Waals surface area (Å²) in [7, 11) is 0. The number of ether oxygens (including phenoxy) is 1. The Morgan fingerprint density at radius 2 is 2.14 bits per heavy atom. The lowest BCUT2D eigenvalue weighted by Gasteiger charge is -2.16. The third-order valence-electron chi connectivity index (χ3n) is 3.89. The molecule has 2 aliphatic carbocycles. The molecule has 0 radical (unpaired) electrons. The molecule has 2 aliphatic rings. The first kappa shape index (κ1) is 13.8. The highest BCUT2D eigenvalue weighted by molar-refractivity contribution is 5.89. The molecule has 1 aromatic carbocycles. The van der Waals surface area contributed by atoms with Crippen molar-refractivity contribution in [1.29, 1.82) is 0 Å². The summed E-state index contributed by atoms with van der Waals surface area (Å²) >= 11 is 0. The zero-order chi connectivity index (χ0) is 15.0. The predicted molar refractivity (Wildman–Crippen MR) is 80.3 cm³/mol. The zero-order valence-electron chi connectivity index (χ0n) is 11.9. The van der Waals surface area contributed by atoms with Crippen molar-refractivity contribution in [1.82, 2.24) is 0 Å². The van der Waals surface area contributed by atoms with Crippen LogP contribution >= 0.6 is 0 Å². The quantitative estimate of drug-likeness (QED) is 0.598. The van der Waals surface area contributed by atoms with Crippen molar-refractivity contribution in [3.63, 3.8) is 0 Å². The fraction of sp³-hybridized carbons (Fsp3) is 0.278. The van der Waals surface area contributed by atoms with Crippen LogP contribution in [0.1, 0.15) is 37.0 Å². The number of benzene rings is 1. The van der Waals surface area contributed by atoms with Crippen molar-refractivity contribution in [2.75, 3.05) is 0 Å². The van der Waals surface area contributed by atoms with Crippen molar-refractivity contribution in [2.45, 2.75) is 32.0 Å². The van der Waals surface area contributed by atoms with Crippen LogP contribution in [-0.2, 0) is 9.53 Å². The van der Waals surface area contributed by atoms with E-state index in [1.807, 2.05) is 36.4 Å². The van der Waals surface area contributed by atoms with Gasteiger partial charge in [0.15, 0.2) is 6.10 Å². The normalized spacial score (nSPS) is 23.3. The molecule has 0 saturated heterocycles. The summed E-state index contributed by atoms with van der Waals surface area (Å²) in [5, 5.41) is 0. The van der Waals surface area contributed by atoms with Gasteiger partial charge in [0.25, 0.3) is 0 Å². The van der Waals surface area contributed by atoms with Gasteiger partial charge in [-0.05, 0) is 24.5 Å². The van der Waals surface area contributed by atoms with Gasteiger partial charge in [0, 0.05) is 23.1 Å². The molecule has 3 heteroatoms. The summed E-state index contributed by atoms with van der Waals surface area (Å²) in [6.45, 7) is 5.24. The average Bonchev–Trinajstić information content (AvgIpc) is 2.61. The van der Waals surface area contributed by atoms with E-state index in [1.165, 1.54) is 0 Å². The molecule has 21 heavy (non-hydrogen) atoms. The van der Waals surface area contributed by atoms with E-state index >= 15 is 0 Å². The van der Waals surface area contributed by atoms with Gasteiger partial charge in [-0.3, -0.25) is 0 Å². The van der Waals surface area contributed by atoms with Crippen LogP contribution in [0.2, 0.25) is 0 Å². The minimum absolute atomic E-state index is 0.362.